The normalized spacial score (nSPS) is 14.4. The summed E-state index contributed by atoms with van der Waals surface area (Å²) in [6, 6.07) is 86.7. The molecule has 1 heterocycles. The molecule has 0 amide bonds. The Morgan fingerprint density at radius 1 is 0.286 bits per heavy atom. The molecule has 0 aliphatic heterocycles. The molecule has 2 heteroatoms. The first-order chi connectivity index (χ1) is 31.3. The van der Waals surface area contributed by atoms with Gasteiger partial charge in [0.2, 0.25) is 0 Å². The van der Waals surface area contributed by atoms with E-state index in [1.54, 1.807) is 0 Å². The number of anilines is 3. The van der Waals surface area contributed by atoms with Crippen LogP contribution in [0.25, 0.3) is 77.6 Å². The molecule has 11 aromatic rings. The number of para-hydroxylation sites is 2. The summed E-state index contributed by atoms with van der Waals surface area (Å²) in [5.41, 5.74) is 21.6. The second-order valence-electron chi connectivity index (χ2n) is 16.7. The zero-order valence-corrected chi connectivity index (χ0v) is 34.4. The van der Waals surface area contributed by atoms with Crippen LogP contribution >= 0.6 is 0 Å². The van der Waals surface area contributed by atoms with Crippen LogP contribution in [-0.4, -0.2) is 0 Å². The van der Waals surface area contributed by atoms with Crippen molar-refractivity contribution in [1.82, 2.24) is 0 Å². The number of nitrogens with zero attached hydrogens (tertiary/aromatic N) is 1. The van der Waals surface area contributed by atoms with Crippen LogP contribution in [0.2, 0.25) is 0 Å². The predicted octanol–water partition coefficient (Wildman–Crippen LogP) is 16.4. The highest BCUT2D eigenvalue weighted by Crippen LogP contribution is 2.62. The number of fused-ring (bicyclic) bond motifs is 15. The zero-order chi connectivity index (χ0) is 41.5. The second-order valence-corrected chi connectivity index (χ2v) is 16.7. The Balaban J connectivity index is 1.11. The SMILES string of the molecule is c1ccc(-c2ccc(N(c3ccc4c(c3)-c3ccccc3-c3ccccc3C43c4ccccc4-c4cc5c(cc43)oc3ccccc35)c3ccccc3-c3ccccc3)cc2)cc1. The maximum Gasteiger partial charge on any atom is 0.135 e. The van der Waals surface area contributed by atoms with E-state index >= 15 is 0 Å². The van der Waals surface area contributed by atoms with Crippen molar-refractivity contribution in [2.24, 2.45) is 0 Å². The molecule has 1 aromatic heterocycles. The third kappa shape index (κ3) is 5.25. The highest BCUT2D eigenvalue weighted by Gasteiger charge is 2.50. The van der Waals surface area contributed by atoms with Gasteiger partial charge < -0.3 is 9.32 Å². The highest BCUT2D eigenvalue weighted by atomic mass is 16.3. The molecular weight excluding hydrogens is 763 g/mol. The van der Waals surface area contributed by atoms with E-state index in [1.807, 2.05) is 0 Å². The van der Waals surface area contributed by atoms with Gasteiger partial charge in [-0.3, -0.25) is 0 Å². The Hall–Kier alpha value is -8.20. The maximum atomic E-state index is 6.71. The summed E-state index contributed by atoms with van der Waals surface area (Å²) in [5.74, 6) is 0. The van der Waals surface area contributed by atoms with E-state index in [-0.39, 0.29) is 0 Å². The van der Waals surface area contributed by atoms with Crippen LogP contribution in [0.1, 0.15) is 22.3 Å². The summed E-state index contributed by atoms with van der Waals surface area (Å²) in [6.07, 6.45) is 0. The highest BCUT2D eigenvalue weighted by molar-refractivity contribution is 6.09. The monoisotopic (exact) mass is 801 g/mol. The van der Waals surface area contributed by atoms with Gasteiger partial charge in [0.15, 0.2) is 0 Å². The van der Waals surface area contributed by atoms with Crippen molar-refractivity contribution in [2.75, 3.05) is 4.90 Å². The molecule has 0 bridgehead atoms. The first kappa shape index (κ1) is 35.5. The molecule has 2 aliphatic rings. The minimum Gasteiger partial charge on any atom is -0.456 e. The number of rotatable bonds is 5. The van der Waals surface area contributed by atoms with Crippen molar-refractivity contribution >= 4 is 39.0 Å². The lowest BCUT2D eigenvalue weighted by molar-refractivity contribution is 0.666. The first-order valence-corrected chi connectivity index (χ1v) is 21.8. The fourth-order valence-corrected chi connectivity index (χ4v) is 10.8. The van der Waals surface area contributed by atoms with E-state index in [0.29, 0.717) is 0 Å². The Kier molecular flexibility index (Phi) is 7.85. The molecule has 0 fully saturated rings. The van der Waals surface area contributed by atoms with Gasteiger partial charge in [0.05, 0.1) is 11.1 Å². The van der Waals surface area contributed by atoms with Crippen molar-refractivity contribution in [2.45, 2.75) is 5.41 Å². The third-order valence-electron chi connectivity index (χ3n) is 13.5. The summed E-state index contributed by atoms with van der Waals surface area (Å²) in [4.78, 5) is 2.44. The fourth-order valence-electron chi connectivity index (χ4n) is 10.8. The van der Waals surface area contributed by atoms with Crippen molar-refractivity contribution < 1.29 is 4.42 Å². The standard InChI is InChI=1S/C61H39NO/c1-3-17-40(18-4-1)41-31-33-43(34-32-41)62(58-29-15-11-21-45(58)42-19-5-2-6-20-42)44-35-36-56-51(37-44)47-23-8-7-22-46(47)48-24-9-13-27-54(48)61(56)55-28-14-10-25-49(55)52-38-53-50-26-12-16-30-59(50)63-60(53)39-57(52)61/h1-39H. The van der Waals surface area contributed by atoms with Gasteiger partial charge in [-0.05, 0) is 121 Å². The van der Waals surface area contributed by atoms with Crippen molar-refractivity contribution in [3.05, 3.63) is 259 Å². The van der Waals surface area contributed by atoms with Crippen LogP contribution < -0.4 is 4.90 Å². The van der Waals surface area contributed by atoms with Crippen LogP contribution in [0.3, 0.4) is 0 Å². The lowest BCUT2D eigenvalue weighted by Gasteiger charge is -2.36. The predicted molar refractivity (Wildman–Crippen MR) is 261 cm³/mol. The smallest absolute Gasteiger partial charge is 0.135 e. The molecular formula is C61H39NO. The average molecular weight is 802 g/mol. The van der Waals surface area contributed by atoms with Gasteiger partial charge in [0.25, 0.3) is 0 Å². The van der Waals surface area contributed by atoms with Crippen LogP contribution in [0.5, 0.6) is 0 Å². The van der Waals surface area contributed by atoms with E-state index in [9.17, 15) is 0 Å². The van der Waals surface area contributed by atoms with Crippen LogP contribution in [0, 0.1) is 0 Å². The molecule has 0 N–H and O–H groups in total. The molecule has 63 heavy (non-hydrogen) atoms. The minimum absolute atomic E-state index is 0.646. The van der Waals surface area contributed by atoms with E-state index in [1.165, 1.54) is 72.3 Å². The molecule has 0 saturated heterocycles. The van der Waals surface area contributed by atoms with Gasteiger partial charge in [0.1, 0.15) is 11.2 Å². The van der Waals surface area contributed by atoms with Crippen molar-refractivity contribution in [3.8, 4) is 55.6 Å². The number of hydrogen-bond donors (Lipinski definition) is 0. The van der Waals surface area contributed by atoms with Gasteiger partial charge in [0, 0.05) is 27.7 Å². The van der Waals surface area contributed by atoms with Crippen LogP contribution in [-0.2, 0) is 5.41 Å². The lowest BCUT2D eigenvalue weighted by Crippen LogP contribution is -2.29. The van der Waals surface area contributed by atoms with E-state index < -0.39 is 5.41 Å². The topological polar surface area (TPSA) is 16.4 Å². The molecule has 1 unspecified atom stereocenters. The van der Waals surface area contributed by atoms with Gasteiger partial charge in [-0.15, -0.1) is 0 Å². The van der Waals surface area contributed by atoms with E-state index in [2.05, 4.69) is 241 Å². The van der Waals surface area contributed by atoms with Gasteiger partial charge in [-0.25, -0.2) is 0 Å². The molecule has 13 rings (SSSR count). The first-order valence-electron chi connectivity index (χ1n) is 21.8. The lowest BCUT2D eigenvalue weighted by atomic mass is 9.66. The van der Waals surface area contributed by atoms with Gasteiger partial charge >= 0.3 is 0 Å². The molecule has 2 nitrogen and oxygen atoms in total. The Morgan fingerprint density at radius 3 is 1.52 bits per heavy atom. The summed E-state index contributed by atoms with van der Waals surface area (Å²) < 4.78 is 6.71. The van der Waals surface area contributed by atoms with Crippen LogP contribution in [0.4, 0.5) is 17.1 Å². The molecule has 1 atom stereocenters. The van der Waals surface area contributed by atoms with Crippen LogP contribution in [0.15, 0.2) is 241 Å². The molecule has 0 radical (unpaired) electrons. The Labute approximate surface area is 366 Å². The fraction of sp³-hybridized carbons (Fsp3) is 0.0164. The molecule has 1 spiro atoms. The molecule has 10 aromatic carbocycles. The number of hydrogen-bond acceptors (Lipinski definition) is 2. The third-order valence-corrected chi connectivity index (χ3v) is 13.5. The number of furan rings is 1. The Bertz CT molecular complexity index is 3570. The molecule has 0 saturated carbocycles. The maximum absolute atomic E-state index is 6.71. The summed E-state index contributed by atoms with van der Waals surface area (Å²) in [7, 11) is 0. The van der Waals surface area contributed by atoms with Crippen molar-refractivity contribution in [1.29, 1.82) is 0 Å². The zero-order valence-electron chi connectivity index (χ0n) is 34.4. The van der Waals surface area contributed by atoms with Gasteiger partial charge in [-0.1, -0.05) is 188 Å². The van der Waals surface area contributed by atoms with Gasteiger partial charge in [-0.2, -0.15) is 0 Å². The summed E-state index contributed by atoms with van der Waals surface area (Å²) in [5, 5.41) is 2.28. The quantitative estimate of drug-likeness (QED) is 0.172. The van der Waals surface area contributed by atoms with E-state index in [0.717, 1.165) is 44.6 Å². The average Bonchev–Trinajstić information content (AvgIpc) is 3.83. The summed E-state index contributed by atoms with van der Waals surface area (Å²) in [6.45, 7) is 0. The molecule has 2 aliphatic carbocycles. The number of benzene rings is 10. The Morgan fingerprint density at radius 2 is 0.794 bits per heavy atom. The van der Waals surface area contributed by atoms with E-state index in [4.69, 9.17) is 4.42 Å². The van der Waals surface area contributed by atoms with Crippen molar-refractivity contribution in [3.63, 3.8) is 0 Å². The second kappa shape index (κ2) is 13.9. The molecule has 294 valence electrons. The largest absolute Gasteiger partial charge is 0.456 e. The minimum atomic E-state index is -0.646. The summed E-state index contributed by atoms with van der Waals surface area (Å²) >= 11 is 0.